The number of β-amino-alcohol motifs (C(OH)–C–C–N with tert-alkyl or cyclic N) is 2. The number of methoxy groups -OCH3 is 1. The van der Waals surface area contributed by atoms with E-state index in [4.69, 9.17) is 4.74 Å². The Morgan fingerprint density at radius 1 is 1.57 bits per heavy atom. The minimum absolute atomic E-state index is 0.360. The van der Waals surface area contributed by atoms with Gasteiger partial charge in [-0.05, 0) is 26.3 Å². The molecule has 2 unspecified atom stereocenters. The van der Waals surface area contributed by atoms with Gasteiger partial charge in [0, 0.05) is 20.2 Å². The Morgan fingerprint density at radius 3 is 2.86 bits per heavy atom. The molecular weight excluding hydrogens is 182 g/mol. The zero-order chi connectivity index (χ0) is 10.6. The molecule has 4 nitrogen and oxygen atoms in total. The van der Waals surface area contributed by atoms with Gasteiger partial charge >= 0.3 is 0 Å². The first-order chi connectivity index (χ1) is 6.53. The van der Waals surface area contributed by atoms with Crippen LogP contribution in [-0.2, 0) is 4.74 Å². The number of rotatable bonds is 4. The second-order valence-corrected chi connectivity index (χ2v) is 4.44. The number of piperidine rings is 1. The highest BCUT2D eigenvalue weighted by atomic mass is 16.5. The fourth-order valence-electron chi connectivity index (χ4n) is 2.02. The molecule has 2 N–H and O–H groups in total. The molecule has 4 heteroatoms. The Morgan fingerprint density at radius 2 is 2.29 bits per heavy atom. The highest BCUT2D eigenvalue weighted by molar-refractivity contribution is 4.83. The molecule has 1 rings (SSSR count). The van der Waals surface area contributed by atoms with Crippen molar-refractivity contribution in [2.24, 2.45) is 0 Å². The molecule has 0 bridgehead atoms. The normalized spacial score (nSPS) is 31.7. The zero-order valence-corrected chi connectivity index (χ0v) is 9.07. The Balaban J connectivity index is 2.30. The van der Waals surface area contributed by atoms with E-state index in [0.29, 0.717) is 19.7 Å². The van der Waals surface area contributed by atoms with Crippen molar-refractivity contribution in [3.05, 3.63) is 0 Å². The lowest BCUT2D eigenvalue weighted by Gasteiger charge is -2.37. The molecule has 1 aliphatic rings. The van der Waals surface area contributed by atoms with E-state index < -0.39 is 11.7 Å². The predicted molar refractivity (Wildman–Crippen MR) is 54.2 cm³/mol. The van der Waals surface area contributed by atoms with Crippen molar-refractivity contribution in [1.29, 1.82) is 0 Å². The Labute approximate surface area is 85.5 Å². The molecule has 0 spiro atoms. The van der Waals surface area contributed by atoms with Crippen LogP contribution < -0.4 is 0 Å². The average molecular weight is 203 g/mol. The molecule has 0 radical (unpaired) electrons. The van der Waals surface area contributed by atoms with Crippen LogP contribution in [0.1, 0.15) is 19.8 Å². The molecule has 0 saturated carbocycles. The van der Waals surface area contributed by atoms with E-state index in [2.05, 4.69) is 4.90 Å². The zero-order valence-electron chi connectivity index (χ0n) is 9.07. The van der Waals surface area contributed by atoms with Gasteiger partial charge in [-0.3, -0.25) is 4.90 Å². The van der Waals surface area contributed by atoms with Crippen LogP contribution in [0.4, 0.5) is 0 Å². The minimum atomic E-state index is -0.592. The van der Waals surface area contributed by atoms with E-state index in [-0.39, 0.29) is 0 Å². The van der Waals surface area contributed by atoms with Crippen LogP contribution in [0.2, 0.25) is 0 Å². The Kier molecular flexibility index (Phi) is 4.31. The quantitative estimate of drug-likeness (QED) is 0.666. The maximum Gasteiger partial charge on any atom is 0.0900 e. The van der Waals surface area contributed by atoms with Gasteiger partial charge in [-0.25, -0.2) is 0 Å². The number of ether oxygens (including phenoxy) is 1. The monoisotopic (exact) mass is 203 g/mol. The van der Waals surface area contributed by atoms with Crippen LogP contribution in [0, 0.1) is 0 Å². The molecule has 0 aromatic heterocycles. The van der Waals surface area contributed by atoms with Gasteiger partial charge in [0.15, 0.2) is 0 Å². The van der Waals surface area contributed by atoms with Crippen molar-refractivity contribution in [2.45, 2.75) is 31.5 Å². The maximum atomic E-state index is 9.83. The van der Waals surface area contributed by atoms with Crippen LogP contribution in [-0.4, -0.2) is 60.2 Å². The van der Waals surface area contributed by atoms with E-state index in [1.807, 2.05) is 6.92 Å². The van der Waals surface area contributed by atoms with Crippen molar-refractivity contribution in [2.75, 3.05) is 33.4 Å². The molecule has 1 aliphatic heterocycles. The number of aliphatic hydroxyl groups excluding tert-OH is 1. The molecule has 0 aromatic carbocycles. The number of hydrogen-bond acceptors (Lipinski definition) is 4. The summed E-state index contributed by atoms with van der Waals surface area (Å²) in [5, 5.41) is 19.4. The summed E-state index contributed by atoms with van der Waals surface area (Å²) in [4.78, 5) is 2.09. The van der Waals surface area contributed by atoms with Gasteiger partial charge < -0.3 is 14.9 Å². The Hall–Kier alpha value is -0.160. The maximum absolute atomic E-state index is 9.83. The fraction of sp³-hybridized carbons (Fsp3) is 1.00. The van der Waals surface area contributed by atoms with Crippen LogP contribution >= 0.6 is 0 Å². The van der Waals surface area contributed by atoms with Gasteiger partial charge in [-0.2, -0.15) is 0 Å². The van der Waals surface area contributed by atoms with E-state index in [0.717, 1.165) is 19.4 Å². The fourth-order valence-corrected chi connectivity index (χ4v) is 2.02. The van der Waals surface area contributed by atoms with Crippen molar-refractivity contribution < 1.29 is 14.9 Å². The molecule has 1 heterocycles. The third kappa shape index (κ3) is 3.92. The molecule has 0 aliphatic carbocycles. The number of hydrogen-bond donors (Lipinski definition) is 2. The van der Waals surface area contributed by atoms with Gasteiger partial charge in [-0.1, -0.05) is 0 Å². The molecule has 1 saturated heterocycles. The molecule has 1 fully saturated rings. The first-order valence-electron chi connectivity index (χ1n) is 5.15. The second-order valence-electron chi connectivity index (χ2n) is 4.44. The number of nitrogens with zero attached hydrogens (tertiary/aromatic N) is 1. The van der Waals surface area contributed by atoms with Gasteiger partial charge in [0.2, 0.25) is 0 Å². The summed E-state index contributed by atoms with van der Waals surface area (Å²) in [6, 6.07) is 0. The lowest BCUT2D eigenvalue weighted by Crippen LogP contribution is -2.48. The third-order valence-electron chi connectivity index (χ3n) is 2.58. The topological polar surface area (TPSA) is 52.9 Å². The summed E-state index contributed by atoms with van der Waals surface area (Å²) in [5.74, 6) is 0. The summed E-state index contributed by atoms with van der Waals surface area (Å²) in [6.45, 7) is 4.40. The number of aliphatic hydroxyl groups is 2. The third-order valence-corrected chi connectivity index (χ3v) is 2.58. The average Bonchev–Trinajstić information content (AvgIpc) is 2.02. The van der Waals surface area contributed by atoms with Crippen LogP contribution in [0.25, 0.3) is 0 Å². The largest absolute Gasteiger partial charge is 0.389 e. The standard InChI is InChI=1S/C10H21NO3/c1-10(13)4-3-5-11(8-10)6-9(12)7-14-2/h9,12-13H,3-8H2,1-2H3. The van der Waals surface area contributed by atoms with Gasteiger partial charge in [-0.15, -0.1) is 0 Å². The first-order valence-corrected chi connectivity index (χ1v) is 5.15. The van der Waals surface area contributed by atoms with E-state index in [9.17, 15) is 10.2 Å². The molecule has 0 aromatic rings. The molecule has 0 amide bonds. The van der Waals surface area contributed by atoms with E-state index >= 15 is 0 Å². The van der Waals surface area contributed by atoms with Crippen LogP contribution in [0.5, 0.6) is 0 Å². The number of likely N-dealkylation sites (tertiary alicyclic amines) is 1. The van der Waals surface area contributed by atoms with Crippen molar-refractivity contribution in [3.8, 4) is 0 Å². The van der Waals surface area contributed by atoms with Crippen molar-refractivity contribution >= 4 is 0 Å². The highest BCUT2D eigenvalue weighted by Crippen LogP contribution is 2.20. The molecule has 14 heavy (non-hydrogen) atoms. The summed E-state index contributed by atoms with van der Waals surface area (Å²) in [7, 11) is 1.58. The van der Waals surface area contributed by atoms with Crippen molar-refractivity contribution in [3.63, 3.8) is 0 Å². The van der Waals surface area contributed by atoms with E-state index in [1.165, 1.54) is 0 Å². The summed E-state index contributed by atoms with van der Waals surface area (Å²) in [6.07, 6.45) is 1.39. The molecular formula is C10H21NO3. The molecule has 84 valence electrons. The molecule has 2 atom stereocenters. The van der Waals surface area contributed by atoms with Crippen molar-refractivity contribution in [1.82, 2.24) is 4.90 Å². The smallest absolute Gasteiger partial charge is 0.0900 e. The van der Waals surface area contributed by atoms with Gasteiger partial charge in [0.1, 0.15) is 0 Å². The summed E-state index contributed by atoms with van der Waals surface area (Å²) >= 11 is 0. The minimum Gasteiger partial charge on any atom is -0.389 e. The van der Waals surface area contributed by atoms with Gasteiger partial charge in [0.25, 0.3) is 0 Å². The summed E-state index contributed by atoms with van der Waals surface area (Å²) < 4.78 is 4.86. The Bertz CT molecular complexity index is 173. The SMILES string of the molecule is COCC(O)CN1CCCC(C)(O)C1. The summed E-state index contributed by atoms with van der Waals surface area (Å²) in [5.41, 5.74) is -0.592. The first kappa shape index (κ1) is 11.9. The van der Waals surface area contributed by atoms with Gasteiger partial charge in [0.05, 0.1) is 18.3 Å². The highest BCUT2D eigenvalue weighted by Gasteiger charge is 2.28. The van der Waals surface area contributed by atoms with Crippen LogP contribution in [0.3, 0.4) is 0 Å². The predicted octanol–water partition coefficient (Wildman–Crippen LogP) is -0.159. The second kappa shape index (κ2) is 5.07. The van der Waals surface area contributed by atoms with E-state index in [1.54, 1.807) is 7.11 Å². The van der Waals surface area contributed by atoms with Crippen LogP contribution in [0.15, 0.2) is 0 Å². The lowest BCUT2D eigenvalue weighted by atomic mass is 9.95. The lowest BCUT2D eigenvalue weighted by molar-refractivity contribution is -0.0365.